The third-order valence-corrected chi connectivity index (χ3v) is 13.3. The predicted molar refractivity (Wildman–Crippen MR) is 258 cm³/mol. The van der Waals surface area contributed by atoms with Crippen molar-refractivity contribution in [1.29, 1.82) is 0 Å². The van der Waals surface area contributed by atoms with E-state index in [2.05, 4.69) is 18.4 Å². The van der Waals surface area contributed by atoms with Gasteiger partial charge in [-0.15, -0.1) is 0 Å². The Bertz CT molecular complexity index is 962. The second kappa shape index (κ2) is 48.5. The van der Waals surface area contributed by atoms with E-state index in [1.807, 2.05) is 0 Å². The van der Waals surface area contributed by atoms with Crippen molar-refractivity contribution in [3.63, 3.8) is 0 Å². The molecule has 0 bridgehead atoms. The molecule has 364 valence electrons. The third-order valence-electron chi connectivity index (χ3n) is 12.4. The predicted octanol–water partition coefficient (Wildman–Crippen LogP) is 17.4. The number of hydrogen-bond donors (Lipinski definition) is 1. The molecule has 1 N–H and O–H groups in total. The molecule has 0 saturated carbocycles. The highest BCUT2D eigenvalue weighted by Crippen LogP contribution is 2.42. The second-order valence-corrected chi connectivity index (χ2v) is 19.9. The number of carbonyl (C=O) groups is 2. The molecule has 9 heteroatoms. The van der Waals surface area contributed by atoms with Crippen LogP contribution in [-0.2, 0) is 32.7 Å². The Kier molecular flexibility index (Phi) is 47.7. The summed E-state index contributed by atoms with van der Waals surface area (Å²) in [6.07, 6.45) is 54.6. The zero-order valence-electron chi connectivity index (χ0n) is 40.9. The van der Waals surface area contributed by atoms with Crippen molar-refractivity contribution in [3.8, 4) is 0 Å². The molecule has 2 atom stereocenters. The first-order chi connectivity index (χ1) is 29.8. The lowest BCUT2D eigenvalue weighted by Gasteiger charge is -2.19. The highest BCUT2D eigenvalue weighted by Gasteiger charge is 2.24. The lowest BCUT2D eigenvalue weighted by atomic mass is 10.0. The molecule has 0 fully saturated rings. The normalized spacial score (nSPS) is 13.0. The molecule has 0 aromatic rings. The van der Waals surface area contributed by atoms with E-state index in [0.29, 0.717) is 6.42 Å². The van der Waals surface area contributed by atoms with Gasteiger partial charge in [0.1, 0.15) is 6.61 Å². The molecule has 0 aliphatic heterocycles. The number of phosphoric acid groups is 1. The van der Waals surface area contributed by atoms with Crippen LogP contribution in [0.25, 0.3) is 0 Å². The van der Waals surface area contributed by atoms with Gasteiger partial charge in [0.05, 0.1) is 6.61 Å². The van der Waals surface area contributed by atoms with E-state index >= 15 is 0 Å². The fourth-order valence-corrected chi connectivity index (χ4v) is 8.71. The van der Waals surface area contributed by atoms with Gasteiger partial charge in [0.15, 0.2) is 6.10 Å². The van der Waals surface area contributed by atoms with E-state index in [1.165, 1.54) is 231 Å². The van der Waals surface area contributed by atoms with Gasteiger partial charge in [0, 0.05) is 20.0 Å². The van der Waals surface area contributed by atoms with Crippen LogP contribution in [0.1, 0.15) is 296 Å². The van der Waals surface area contributed by atoms with Crippen LogP contribution in [0.15, 0.2) is 0 Å². The Labute approximate surface area is 378 Å². The summed E-state index contributed by atoms with van der Waals surface area (Å²) < 4.78 is 32.2. The molecule has 0 amide bonds. The molecular formula is C52H103O8P. The van der Waals surface area contributed by atoms with Crippen molar-refractivity contribution in [1.82, 2.24) is 0 Å². The summed E-state index contributed by atoms with van der Waals surface area (Å²) in [5, 5.41) is 0. The van der Waals surface area contributed by atoms with Crippen LogP contribution in [-0.4, -0.2) is 43.3 Å². The Morgan fingerprint density at radius 2 is 0.639 bits per heavy atom. The van der Waals surface area contributed by atoms with E-state index in [-0.39, 0.29) is 25.6 Å². The van der Waals surface area contributed by atoms with Crippen LogP contribution in [0.4, 0.5) is 0 Å². The summed E-state index contributed by atoms with van der Waals surface area (Å²) in [6, 6.07) is 0. The number of esters is 2. The first kappa shape index (κ1) is 60.1. The SMILES string of the molecule is CCCCCCCCCCCCCCCCCCCCCCCCCC(=O)OC(COC(=O)CCCCCCCCCCCCCCCCCCCCC)COP(=O)(O)OC. The van der Waals surface area contributed by atoms with Crippen LogP contribution in [0, 0.1) is 0 Å². The van der Waals surface area contributed by atoms with Gasteiger partial charge in [0.25, 0.3) is 0 Å². The maximum atomic E-state index is 12.6. The molecular weight excluding hydrogens is 784 g/mol. The van der Waals surface area contributed by atoms with Crippen molar-refractivity contribution in [2.45, 2.75) is 302 Å². The molecule has 0 rings (SSSR count). The van der Waals surface area contributed by atoms with Gasteiger partial charge in [-0.2, -0.15) is 0 Å². The maximum Gasteiger partial charge on any atom is 0.472 e. The Morgan fingerprint density at radius 1 is 0.393 bits per heavy atom. The van der Waals surface area contributed by atoms with Crippen molar-refractivity contribution >= 4 is 19.8 Å². The van der Waals surface area contributed by atoms with Crippen LogP contribution in [0.2, 0.25) is 0 Å². The summed E-state index contributed by atoms with van der Waals surface area (Å²) in [7, 11) is -3.19. The Balaban J connectivity index is 3.81. The van der Waals surface area contributed by atoms with Crippen LogP contribution >= 0.6 is 7.82 Å². The van der Waals surface area contributed by atoms with E-state index in [4.69, 9.17) is 14.0 Å². The van der Waals surface area contributed by atoms with Gasteiger partial charge in [-0.25, -0.2) is 4.57 Å². The van der Waals surface area contributed by atoms with Gasteiger partial charge in [-0.3, -0.25) is 18.6 Å². The van der Waals surface area contributed by atoms with E-state index in [1.54, 1.807) is 0 Å². The first-order valence-electron chi connectivity index (χ1n) is 26.7. The van der Waals surface area contributed by atoms with E-state index < -0.39 is 19.9 Å². The highest BCUT2D eigenvalue weighted by atomic mass is 31.2. The molecule has 0 aromatic carbocycles. The maximum absolute atomic E-state index is 12.6. The summed E-state index contributed by atoms with van der Waals surface area (Å²) in [5.74, 6) is -0.779. The van der Waals surface area contributed by atoms with Gasteiger partial charge < -0.3 is 14.4 Å². The van der Waals surface area contributed by atoms with Crippen LogP contribution in [0.5, 0.6) is 0 Å². The standard InChI is InChI=1S/C52H103O8P/c1-4-6-8-10-12-14-16-18-20-22-24-25-26-27-29-31-33-35-37-39-41-43-45-47-52(54)60-50(49-59-61(55,56)57-3)48-58-51(53)46-44-42-40-38-36-34-32-30-28-23-21-19-17-15-13-11-9-7-5-2/h50H,4-49H2,1-3H3,(H,55,56). The quantitative estimate of drug-likeness (QED) is 0.0365. The van der Waals surface area contributed by atoms with Crippen molar-refractivity contribution < 1.29 is 37.6 Å². The second-order valence-electron chi connectivity index (χ2n) is 18.4. The summed E-state index contributed by atoms with van der Waals surface area (Å²) >= 11 is 0. The molecule has 0 saturated heterocycles. The lowest BCUT2D eigenvalue weighted by molar-refractivity contribution is -0.161. The molecule has 0 radical (unpaired) electrons. The summed E-state index contributed by atoms with van der Waals surface area (Å²) in [5.41, 5.74) is 0. The lowest BCUT2D eigenvalue weighted by Crippen LogP contribution is -2.29. The number of unbranched alkanes of at least 4 members (excludes halogenated alkanes) is 40. The topological polar surface area (TPSA) is 108 Å². The van der Waals surface area contributed by atoms with Gasteiger partial charge in [0.2, 0.25) is 0 Å². The van der Waals surface area contributed by atoms with Gasteiger partial charge in [-0.1, -0.05) is 271 Å². The molecule has 0 heterocycles. The molecule has 8 nitrogen and oxygen atoms in total. The number of phosphoric ester groups is 1. The monoisotopic (exact) mass is 887 g/mol. The zero-order valence-corrected chi connectivity index (χ0v) is 41.8. The first-order valence-corrected chi connectivity index (χ1v) is 28.2. The number of ether oxygens (including phenoxy) is 2. The minimum atomic E-state index is -4.26. The van der Waals surface area contributed by atoms with Crippen molar-refractivity contribution in [2.24, 2.45) is 0 Å². The Morgan fingerprint density at radius 3 is 0.902 bits per heavy atom. The highest BCUT2D eigenvalue weighted by molar-refractivity contribution is 7.47. The third kappa shape index (κ3) is 48.3. The van der Waals surface area contributed by atoms with Crippen molar-refractivity contribution in [2.75, 3.05) is 20.3 Å². The van der Waals surface area contributed by atoms with Gasteiger partial charge >= 0.3 is 19.8 Å². The summed E-state index contributed by atoms with van der Waals surface area (Å²) in [6.45, 7) is 3.96. The molecule has 0 spiro atoms. The minimum absolute atomic E-state index is 0.215. The number of hydrogen-bond acceptors (Lipinski definition) is 7. The van der Waals surface area contributed by atoms with Crippen LogP contribution < -0.4 is 0 Å². The van der Waals surface area contributed by atoms with E-state index in [9.17, 15) is 19.0 Å². The average Bonchev–Trinajstić information content (AvgIpc) is 3.25. The molecule has 0 aromatic heterocycles. The number of carbonyl (C=O) groups excluding carboxylic acids is 2. The number of rotatable bonds is 51. The fraction of sp³-hybridized carbons (Fsp3) is 0.962. The molecule has 0 aliphatic rings. The average molecular weight is 887 g/mol. The minimum Gasteiger partial charge on any atom is -0.462 e. The molecule has 2 unspecified atom stereocenters. The smallest absolute Gasteiger partial charge is 0.462 e. The van der Waals surface area contributed by atoms with Crippen molar-refractivity contribution in [3.05, 3.63) is 0 Å². The zero-order chi connectivity index (χ0) is 44.6. The molecule has 0 aliphatic carbocycles. The Hall–Kier alpha value is -0.950. The summed E-state index contributed by atoms with van der Waals surface area (Å²) in [4.78, 5) is 34.7. The fourth-order valence-electron chi connectivity index (χ4n) is 8.25. The largest absolute Gasteiger partial charge is 0.472 e. The molecule has 61 heavy (non-hydrogen) atoms. The van der Waals surface area contributed by atoms with Crippen LogP contribution in [0.3, 0.4) is 0 Å². The van der Waals surface area contributed by atoms with Gasteiger partial charge in [-0.05, 0) is 12.8 Å². The van der Waals surface area contributed by atoms with E-state index in [0.717, 1.165) is 45.6 Å².